The topological polar surface area (TPSA) is 66.5 Å². The second-order valence-corrected chi connectivity index (χ2v) is 4.85. The van der Waals surface area contributed by atoms with Crippen LogP contribution in [0.2, 0.25) is 0 Å². The predicted octanol–water partition coefficient (Wildman–Crippen LogP) is 2.20. The Balaban J connectivity index is 3.34. The number of aliphatic hydroxyl groups is 2. The zero-order chi connectivity index (χ0) is 12.4. The van der Waals surface area contributed by atoms with Crippen LogP contribution in [0.4, 0.5) is 0 Å². The maximum Gasteiger partial charge on any atom is 0.0797 e. The molecule has 0 rings (SSSR count). The third-order valence-corrected chi connectivity index (χ3v) is 3.07. The lowest BCUT2D eigenvalue weighted by molar-refractivity contribution is 0.0239. The SMILES string of the molecule is CCCCCCCC(N)CCC(O)C(C)O. The van der Waals surface area contributed by atoms with E-state index in [4.69, 9.17) is 10.8 Å². The normalized spacial score (nSPS) is 17.1. The van der Waals surface area contributed by atoms with E-state index in [1.54, 1.807) is 6.92 Å². The van der Waals surface area contributed by atoms with Gasteiger partial charge in [-0.25, -0.2) is 0 Å². The van der Waals surface area contributed by atoms with Crippen molar-refractivity contribution in [1.29, 1.82) is 0 Å². The van der Waals surface area contributed by atoms with Crippen LogP contribution in [0.15, 0.2) is 0 Å². The van der Waals surface area contributed by atoms with Gasteiger partial charge in [-0.3, -0.25) is 0 Å². The van der Waals surface area contributed by atoms with Crippen molar-refractivity contribution in [2.24, 2.45) is 5.73 Å². The van der Waals surface area contributed by atoms with E-state index in [1.165, 1.54) is 32.1 Å². The van der Waals surface area contributed by atoms with Gasteiger partial charge in [0.25, 0.3) is 0 Å². The molecule has 0 aromatic rings. The molecule has 0 aromatic carbocycles. The van der Waals surface area contributed by atoms with Gasteiger partial charge in [-0.15, -0.1) is 0 Å². The monoisotopic (exact) mass is 231 g/mol. The van der Waals surface area contributed by atoms with Crippen LogP contribution in [-0.2, 0) is 0 Å². The molecule has 98 valence electrons. The zero-order valence-electron chi connectivity index (χ0n) is 10.9. The van der Waals surface area contributed by atoms with Crippen LogP contribution in [0.5, 0.6) is 0 Å². The smallest absolute Gasteiger partial charge is 0.0797 e. The summed E-state index contributed by atoms with van der Waals surface area (Å²) < 4.78 is 0. The van der Waals surface area contributed by atoms with Crippen molar-refractivity contribution in [1.82, 2.24) is 0 Å². The molecule has 0 heterocycles. The molecule has 0 aromatic heterocycles. The fourth-order valence-corrected chi connectivity index (χ4v) is 1.78. The van der Waals surface area contributed by atoms with Gasteiger partial charge in [0.2, 0.25) is 0 Å². The van der Waals surface area contributed by atoms with Crippen LogP contribution in [0, 0.1) is 0 Å². The maximum absolute atomic E-state index is 9.41. The summed E-state index contributed by atoms with van der Waals surface area (Å²) in [6.45, 7) is 3.82. The highest BCUT2D eigenvalue weighted by Crippen LogP contribution is 2.11. The quantitative estimate of drug-likeness (QED) is 0.505. The number of aliphatic hydroxyl groups excluding tert-OH is 2. The standard InChI is InChI=1S/C13H29NO2/c1-3-4-5-6-7-8-12(14)9-10-13(16)11(2)15/h11-13,15-16H,3-10,14H2,1-2H3. The number of unbranched alkanes of at least 4 members (excludes halogenated alkanes) is 4. The van der Waals surface area contributed by atoms with E-state index in [0.717, 1.165) is 12.8 Å². The van der Waals surface area contributed by atoms with Crippen LogP contribution in [0.25, 0.3) is 0 Å². The van der Waals surface area contributed by atoms with Crippen LogP contribution >= 0.6 is 0 Å². The minimum Gasteiger partial charge on any atom is -0.391 e. The lowest BCUT2D eigenvalue weighted by atomic mass is 10.0. The van der Waals surface area contributed by atoms with Crippen LogP contribution in [0.3, 0.4) is 0 Å². The third kappa shape index (κ3) is 9.13. The summed E-state index contributed by atoms with van der Waals surface area (Å²) >= 11 is 0. The van der Waals surface area contributed by atoms with Gasteiger partial charge in [-0.2, -0.15) is 0 Å². The molecule has 3 unspecified atom stereocenters. The van der Waals surface area contributed by atoms with Gasteiger partial charge in [0.1, 0.15) is 0 Å². The number of hydrogen-bond donors (Lipinski definition) is 3. The average molecular weight is 231 g/mol. The second kappa shape index (κ2) is 10.1. The molecule has 0 aliphatic carbocycles. The molecule has 0 aliphatic heterocycles. The molecular formula is C13H29NO2. The van der Waals surface area contributed by atoms with Crippen molar-refractivity contribution in [3.8, 4) is 0 Å². The van der Waals surface area contributed by atoms with Gasteiger partial charge in [0.15, 0.2) is 0 Å². The molecule has 0 saturated heterocycles. The van der Waals surface area contributed by atoms with Crippen LogP contribution in [0.1, 0.15) is 65.2 Å². The Kier molecular flexibility index (Phi) is 9.99. The zero-order valence-corrected chi connectivity index (χ0v) is 10.9. The van der Waals surface area contributed by atoms with E-state index in [9.17, 15) is 5.11 Å². The van der Waals surface area contributed by atoms with Crippen molar-refractivity contribution in [3.05, 3.63) is 0 Å². The Morgan fingerprint density at radius 3 is 2.12 bits per heavy atom. The fourth-order valence-electron chi connectivity index (χ4n) is 1.78. The Labute approximate surface area is 100 Å². The Bertz CT molecular complexity index is 151. The van der Waals surface area contributed by atoms with Gasteiger partial charge in [-0.05, 0) is 26.2 Å². The molecule has 3 atom stereocenters. The highest BCUT2D eigenvalue weighted by atomic mass is 16.3. The van der Waals surface area contributed by atoms with Crippen molar-refractivity contribution in [2.75, 3.05) is 0 Å². The van der Waals surface area contributed by atoms with E-state index in [0.29, 0.717) is 6.42 Å². The first-order chi connectivity index (χ1) is 7.57. The summed E-state index contributed by atoms with van der Waals surface area (Å²) in [5.41, 5.74) is 5.94. The largest absolute Gasteiger partial charge is 0.391 e. The molecule has 0 amide bonds. The summed E-state index contributed by atoms with van der Waals surface area (Å²) in [4.78, 5) is 0. The summed E-state index contributed by atoms with van der Waals surface area (Å²) in [5.74, 6) is 0. The predicted molar refractivity (Wildman–Crippen MR) is 68.3 cm³/mol. The van der Waals surface area contributed by atoms with Gasteiger partial charge in [-0.1, -0.05) is 39.0 Å². The molecule has 3 nitrogen and oxygen atoms in total. The van der Waals surface area contributed by atoms with Gasteiger partial charge < -0.3 is 15.9 Å². The Hall–Kier alpha value is -0.120. The van der Waals surface area contributed by atoms with Crippen LogP contribution in [-0.4, -0.2) is 28.5 Å². The highest BCUT2D eigenvalue weighted by Gasteiger charge is 2.12. The van der Waals surface area contributed by atoms with Crippen molar-refractivity contribution >= 4 is 0 Å². The minimum absolute atomic E-state index is 0.176. The van der Waals surface area contributed by atoms with E-state index in [2.05, 4.69) is 6.92 Å². The van der Waals surface area contributed by atoms with Crippen molar-refractivity contribution < 1.29 is 10.2 Å². The van der Waals surface area contributed by atoms with Gasteiger partial charge >= 0.3 is 0 Å². The van der Waals surface area contributed by atoms with Crippen LogP contribution < -0.4 is 5.73 Å². The first-order valence-electron chi connectivity index (χ1n) is 6.69. The Morgan fingerprint density at radius 1 is 0.938 bits per heavy atom. The van der Waals surface area contributed by atoms with E-state index < -0.39 is 12.2 Å². The molecule has 0 aliphatic rings. The molecule has 16 heavy (non-hydrogen) atoms. The molecule has 0 fully saturated rings. The third-order valence-electron chi connectivity index (χ3n) is 3.07. The maximum atomic E-state index is 9.41. The van der Waals surface area contributed by atoms with Crippen molar-refractivity contribution in [3.63, 3.8) is 0 Å². The summed E-state index contributed by atoms with van der Waals surface area (Å²) in [6, 6.07) is 0.176. The molecule has 4 N–H and O–H groups in total. The van der Waals surface area contributed by atoms with E-state index in [1.807, 2.05) is 0 Å². The number of rotatable bonds is 10. The number of nitrogens with two attached hydrogens (primary N) is 1. The summed E-state index contributed by atoms with van der Waals surface area (Å²) in [7, 11) is 0. The average Bonchev–Trinajstić information content (AvgIpc) is 2.25. The molecular weight excluding hydrogens is 202 g/mol. The van der Waals surface area contributed by atoms with Gasteiger partial charge in [0, 0.05) is 6.04 Å². The first kappa shape index (κ1) is 15.9. The number of hydrogen-bond acceptors (Lipinski definition) is 3. The highest BCUT2D eigenvalue weighted by molar-refractivity contribution is 4.68. The molecule has 0 radical (unpaired) electrons. The fraction of sp³-hybridized carbons (Fsp3) is 1.00. The molecule has 3 heteroatoms. The molecule has 0 saturated carbocycles. The Morgan fingerprint density at radius 2 is 1.56 bits per heavy atom. The molecule has 0 spiro atoms. The summed E-state index contributed by atoms with van der Waals surface area (Å²) in [6.07, 6.45) is 7.53. The van der Waals surface area contributed by atoms with Gasteiger partial charge in [0.05, 0.1) is 12.2 Å². The second-order valence-electron chi connectivity index (χ2n) is 4.85. The summed E-state index contributed by atoms with van der Waals surface area (Å²) in [5, 5.41) is 18.5. The minimum atomic E-state index is -0.642. The molecule has 0 bridgehead atoms. The first-order valence-corrected chi connectivity index (χ1v) is 6.69. The lowest BCUT2D eigenvalue weighted by Crippen LogP contribution is -2.27. The van der Waals surface area contributed by atoms with E-state index in [-0.39, 0.29) is 6.04 Å². The van der Waals surface area contributed by atoms with Crippen molar-refractivity contribution in [2.45, 2.75) is 83.5 Å². The lowest BCUT2D eigenvalue weighted by Gasteiger charge is -2.16. The van der Waals surface area contributed by atoms with E-state index >= 15 is 0 Å².